The molecule has 3 aromatic heterocycles. The predicted molar refractivity (Wildman–Crippen MR) is 126 cm³/mol. The number of nitrogens with zero attached hydrogens (tertiary/aromatic N) is 5. The minimum absolute atomic E-state index is 0.0763. The second kappa shape index (κ2) is 7.88. The molecule has 6 rings (SSSR count). The highest BCUT2D eigenvalue weighted by molar-refractivity contribution is 6.01. The van der Waals surface area contributed by atoms with Gasteiger partial charge >= 0.3 is 0 Å². The molecule has 1 amide bonds. The van der Waals surface area contributed by atoms with E-state index in [1.807, 2.05) is 50.5 Å². The van der Waals surface area contributed by atoms with Gasteiger partial charge in [0.1, 0.15) is 23.2 Å². The van der Waals surface area contributed by atoms with Crippen molar-refractivity contribution >= 4 is 22.8 Å². The number of benzene rings is 1. The topological polar surface area (TPSA) is 104 Å². The molecule has 1 aromatic carbocycles. The Morgan fingerprint density at radius 3 is 2.85 bits per heavy atom. The maximum atomic E-state index is 13.1. The van der Waals surface area contributed by atoms with E-state index in [1.54, 1.807) is 10.7 Å². The Morgan fingerprint density at radius 2 is 2.12 bits per heavy atom. The first-order chi connectivity index (χ1) is 16.6. The molecular formula is C25H24N6O3. The lowest BCUT2D eigenvalue weighted by atomic mass is 10.0. The molecule has 34 heavy (non-hydrogen) atoms. The van der Waals surface area contributed by atoms with Crippen LogP contribution in [0.25, 0.3) is 33.5 Å². The SMILES string of the molecule is CCOc1cc2ncnc(-c3cn(C)nc3-c3ccccc3)c2nc1NC(=O)[C@@]12COC[C@@H]1C2. The van der Waals surface area contributed by atoms with Crippen LogP contribution in [0.3, 0.4) is 0 Å². The van der Waals surface area contributed by atoms with Crippen LogP contribution in [-0.2, 0) is 16.6 Å². The molecular weight excluding hydrogens is 432 g/mol. The van der Waals surface area contributed by atoms with Crippen molar-refractivity contribution in [3.63, 3.8) is 0 Å². The Morgan fingerprint density at radius 1 is 1.26 bits per heavy atom. The van der Waals surface area contributed by atoms with Crippen LogP contribution in [0.2, 0.25) is 0 Å². The largest absolute Gasteiger partial charge is 0.490 e. The molecule has 4 heterocycles. The van der Waals surface area contributed by atoms with E-state index in [9.17, 15) is 4.79 Å². The van der Waals surface area contributed by atoms with Crippen molar-refractivity contribution in [2.24, 2.45) is 18.4 Å². The number of ether oxygens (including phenoxy) is 2. The van der Waals surface area contributed by atoms with Crippen LogP contribution in [-0.4, -0.2) is 50.5 Å². The molecule has 2 fully saturated rings. The quantitative estimate of drug-likeness (QED) is 0.474. The Kier molecular flexibility index (Phi) is 4.80. The van der Waals surface area contributed by atoms with Crippen molar-refractivity contribution in [1.29, 1.82) is 0 Å². The van der Waals surface area contributed by atoms with Crippen LogP contribution in [0.4, 0.5) is 5.82 Å². The maximum absolute atomic E-state index is 13.1. The van der Waals surface area contributed by atoms with Crippen LogP contribution >= 0.6 is 0 Å². The molecule has 0 spiro atoms. The van der Waals surface area contributed by atoms with Gasteiger partial charge in [-0.3, -0.25) is 9.48 Å². The van der Waals surface area contributed by atoms with Crippen LogP contribution < -0.4 is 10.1 Å². The van der Waals surface area contributed by atoms with E-state index in [0.29, 0.717) is 48.1 Å². The smallest absolute Gasteiger partial charge is 0.234 e. The van der Waals surface area contributed by atoms with Gasteiger partial charge in [-0.1, -0.05) is 30.3 Å². The van der Waals surface area contributed by atoms with Gasteiger partial charge in [-0.05, 0) is 13.3 Å². The molecule has 0 unspecified atom stereocenters. The average molecular weight is 457 g/mol. The zero-order valence-corrected chi connectivity index (χ0v) is 19.0. The van der Waals surface area contributed by atoms with E-state index in [0.717, 1.165) is 23.2 Å². The van der Waals surface area contributed by atoms with E-state index >= 15 is 0 Å². The van der Waals surface area contributed by atoms with E-state index in [2.05, 4.69) is 20.4 Å². The van der Waals surface area contributed by atoms with Gasteiger partial charge in [-0.25, -0.2) is 15.0 Å². The van der Waals surface area contributed by atoms with E-state index in [4.69, 9.17) is 14.5 Å². The third kappa shape index (κ3) is 3.31. The molecule has 1 aliphatic carbocycles. The van der Waals surface area contributed by atoms with Gasteiger partial charge in [0.2, 0.25) is 5.91 Å². The Labute approximate surface area is 196 Å². The first-order valence-electron chi connectivity index (χ1n) is 11.4. The molecule has 0 radical (unpaired) electrons. The minimum Gasteiger partial charge on any atom is -0.490 e. The average Bonchev–Trinajstić information content (AvgIpc) is 3.19. The Bertz CT molecular complexity index is 1400. The summed E-state index contributed by atoms with van der Waals surface area (Å²) in [5, 5.41) is 7.68. The fourth-order valence-electron chi connectivity index (χ4n) is 4.73. The zero-order valence-electron chi connectivity index (χ0n) is 19.0. The minimum atomic E-state index is -0.444. The van der Waals surface area contributed by atoms with Crippen LogP contribution in [0, 0.1) is 11.3 Å². The highest BCUT2D eigenvalue weighted by Gasteiger charge is 2.63. The van der Waals surface area contributed by atoms with Crippen LogP contribution in [0.5, 0.6) is 5.75 Å². The molecule has 1 saturated heterocycles. The molecule has 2 aliphatic rings. The number of amides is 1. The number of fused-ring (bicyclic) bond motifs is 2. The summed E-state index contributed by atoms with van der Waals surface area (Å²) in [4.78, 5) is 26.9. The number of aryl methyl sites for hydroxylation is 1. The van der Waals surface area contributed by atoms with Gasteiger partial charge in [0.25, 0.3) is 0 Å². The van der Waals surface area contributed by atoms with E-state index < -0.39 is 5.41 Å². The summed E-state index contributed by atoms with van der Waals surface area (Å²) in [6.07, 6.45) is 4.28. The van der Waals surface area contributed by atoms with E-state index in [1.165, 1.54) is 6.33 Å². The van der Waals surface area contributed by atoms with Gasteiger partial charge in [-0.15, -0.1) is 0 Å². The number of rotatable bonds is 6. The second-order valence-corrected chi connectivity index (χ2v) is 8.82. The lowest BCUT2D eigenvalue weighted by molar-refractivity contribution is -0.121. The second-order valence-electron chi connectivity index (χ2n) is 8.82. The van der Waals surface area contributed by atoms with Crippen LogP contribution in [0.1, 0.15) is 13.3 Å². The summed E-state index contributed by atoms with van der Waals surface area (Å²) in [5.41, 5.74) is 4.00. The van der Waals surface area contributed by atoms with Crippen molar-refractivity contribution in [2.75, 3.05) is 25.1 Å². The fraction of sp³-hybridized carbons (Fsp3) is 0.320. The lowest BCUT2D eigenvalue weighted by Gasteiger charge is -2.15. The number of anilines is 1. The van der Waals surface area contributed by atoms with Crippen molar-refractivity contribution in [2.45, 2.75) is 13.3 Å². The van der Waals surface area contributed by atoms with Gasteiger partial charge in [-0.2, -0.15) is 5.10 Å². The third-order valence-corrected chi connectivity index (χ3v) is 6.60. The molecule has 1 N–H and O–H groups in total. The zero-order chi connectivity index (χ0) is 23.3. The summed E-state index contributed by atoms with van der Waals surface area (Å²) < 4.78 is 13.1. The van der Waals surface area contributed by atoms with E-state index in [-0.39, 0.29) is 11.8 Å². The predicted octanol–water partition coefficient (Wildman–Crippen LogP) is 3.47. The summed E-state index contributed by atoms with van der Waals surface area (Å²) in [7, 11) is 1.88. The number of hydrogen-bond acceptors (Lipinski definition) is 7. The van der Waals surface area contributed by atoms with Crippen LogP contribution in [0.15, 0.2) is 48.9 Å². The summed E-state index contributed by atoms with van der Waals surface area (Å²) in [6, 6.07) is 11.7. The molecule has 9 heteroatoms. The maximum Gasteiger partial charge on any atom is 0.234 e. The number of hydrogen-bond donors (Lipinski definition) is 1. The number of nitrogens with one attached hydrogen (secondary N) is 1. The highest BCUT2D eigenvalue weighted by Crippen LogP contribution is 2.57. The molecule has 1 saturated carbocycles. The summed E-state index contributed by atoms with van der Waals surface area (Å²) in [6.45, 7) is 3.42. The fourth-order valence-corrected chi connectivity index (χ4v) is 4.73. The molecule has 0 bridgehead atoms. The number of pyridine rings is 1. The Balaban J connectivity index is 1.47. The molecule has 1 aliphatic heterocycles. The first-order valence-corrected chi connectivity index (χ1v) is 11.4. The highest BCUT2D eigenvalue weighted by atomic mass is 16.5. The summed E-state index contributed by atoms with van der Waals surface area (Å²) >= 11 is 0. The number of carbonyl (C=O) groups excluding carboxylic acids is 1. The normalized spacial score (nSPS) is 20.8. The molecule has 4 aromatic rings. The van der Waals surface area contributed by atoms with Gasteiger partial charge < -0.3 is 14.8 Å². The lowest BCUT2D eigenvalue weighted by Crippen LogP contribution is -2.27. The van der Waals surface area contributed by atoms with Gasteiger partial charge in [0.15, 0.2) is 11.6 Å². The Hall–Kier alpha value is -3.85. The summed E-state index contributed by atoms with van der Waals surface area (Å²) in [5.74, 6) is 1.06. The first kappa shape index (κ1) is 20.7. The standard InChI is InChI=1S/C25H24N6O3/c1-3-34-19-9-18-22(28-23(19)29-24(32)25-10-16(25)12-33-13-25)21(27-14-26-18)17-11-31(2)30-20(17)15-7-5-4-6-8-15/h4-9,11,14,16H,3,10,12-13H2,1-2H3,(H,28,29,32)/t16-,25-/m0/s1. The monoisotopic (exact) mass is 456 g/mol. The van der Waals surface area contributed by atoms with Crippen molar-refractivity contribution in [3.05, 3.63) is 48.9 Å². The number of carbonyl (C=O) groups is 1. The van der Waals surface area contributed by atoms with Crippen molar-refractivity contribution in [1.82, 2.24) is 24.7 Å². The molecule has 2 atom stereocenters. The molecule has 9 nitrogen and oxygen atoms in total. The van der Waals surface area contributed by atoms with Gasteiger partial charge in [0, 0.05) is 36.4 Å². The van der Waals surface area contributed by atoms with Gasteiger partial charge in [0.05, 0.1) is 30.8 Å². The number of aromatic nitrogens is 5. The third-order valence-electron chi connectivity index (χ3n) is 6.60. The molecule has 172 valence electrons. The van der Waals surface area contributed by atoms with Crippen molar-refractivity contribution in [3.8, 4) is 28.3 Å². The van der Waals surface area contributed by atoms with Crippen molar-refractivity contribution < 1.29 is 14.3 Å².